The lowest BCUT2D eigenvalue weighted by atomic mass is 9.82. The van der Waals surface area contributed by atoms with Crippen LogP contribution in [0.15, 0.2) is 24.3 Å². The Kier molecular flexibility index (Phi) is 8.13. The zero-order valence-electron chi connectivity index (χ0n) is 20.7. The van der Waals surface area contributed by atoms with E-state index in [0.29, 0.717) is 31.4 Å². The molecular weight excluding hydrogens is 432 g/mol. The summed E-state index contributed by atoms with van der Waals surface area (Å²) in [6, 6.07) is 6.63. The Morgan fingerprint density at radius 1 is 1.12 bits per heavy atom. The molecule has 1 aromatic rings. The molecule has 8 nitrogen and oxygen atoms in total. The Morgan fingerprint density at radius 2 is 1.76 bits per heavy atom. The van der Waals surface area contributed by atoms with Crippen LogP contribution < -0.4 is 16.4 Å². The minimum Gasteiger partial charge on any atom is -0.352 e. The molecule has 34 heavy (non-hydrogen) atoms. The number of carbonyl (C=O) groups excluding carboxylic acids is 4. The maximum atomic E-state index is 13.1. The van der Waals surface area contributed by atoms with Gasteiger partial charge in [0, 0.05) is 37.2 Å². The van der Waals surface area contributed by atoms with Gasteiger partial charge in [0.1, 0.15) is 0 Å². The summed E-state index contributed by atoms with van der Waals surface area (Å²) >= 11 is 0. The van der Waals surface area contributed by atoms with Gasteiger partial charge in [0.2, 0.25) is 17.7 Å². The van der Waals surface area contributed by atoms with Crippen LogP contribution in [-0.4, -0.2) is 53.7 Å². The summed E-state index contributed by atoms with van der Waals surface area (Å²) in [5, 5.41) is 5.91. The molecule has 1 aliphatic heterocycles. The van der Waals surface area contributed by atoms with Crippen molar-refractivity contribution in [3.63, 3.8) is 0 Å². The first kappa shape index (κ1) is 25.9. The monoisotopic (exact) mass is 470 g/mol. The number of amides is 4. The molecule has 1 aliphatic carbocycles. The summed E-state index contributed by atoms with van der Waals surface area (Å²) in [5.74, 6) is -1.91. The highest BCUT2D eigenvalue weighted by Crippen LogP contribution is 2.28. The molecule has 4 atom stereocenters. The molecule has 0 radical (unpaired) electrons. The first-order chi connectivity index (χ1) is 16.0. The second-order valence-corrected chi connectivity index (χ2v) is 10.6. The van der Waals surface area contributed by atoms with Crippen molar-refractivity contribution in [1.82, 2.24) is 15.5 Å². The molecular formula is C26H38N4O4. The van der Waals surface area contributed by atoms with Gasteiger partial charge in [0.25, 0.3) is 5.91 Å². The van der Waals surface area contributed by atoms with E-state index in [0.717, 1.165) is 18.4 Å². The molecule has 1 heterocycles. The second kappa shape index (κ2) is 10.7. The number of nitrogens with two attached hydrogens (primary N) is 1. The number of likely N-dealkylation sites (tertiary alicyclic amines) is 1. The van der Waals surface area contributed by atoms with Crippen LogP contribution in [0.1, 0.15) is 75.7 Å². The smallest absolute Gasteiger partial charge is 0.251 e. The van der Waals surface area contributed by atoms with Gasteiger partial charge < -0.3 is 16.4 Å². The molecule has 1 saturated heterocycles. The van der Waals surface area contributed by atoms with E-state index < -0.39 is 17.9 Å². The van der Waals surface area contributed by atoms with Crippen LogP contribution in [0.5, 0.6) is 0 Å². The van der Waals surface area contributed by atoms with E-state index >= 15 is 0 Å². The molecule has 8 heteroatoms. The third-order valence-electron chi connectivity index (χ3n) is 7.09. The third kappa shape index (κ3) is 5.84. The van der Waals surface area contributed by atoms with Crippen LogP contribution in [0.2, 0.25) is 0 Å². The lowest BCUT2D eigenvalue weighted by Gasteiger charge is -2.38. The van der Waals surface area contributed by atoms with Gasteiger partial charge in [-0.25, -0.2) is 0 Å². The van der Waals surface area contributed by atoms with E-state index in [-0.39, 0.29) is 41.6 Å². The summed E-state index contributed by atoms with van der Waals surface area (Å²) < 4.78 is 0. The summed E-state index contributed by atoms with van der Waals surface area (Å²) in [6.45, 7) is 8.62. The first-order valence-electron chi connectivity index (χ1n) is 12.3. The number of nitrogens with one attached hydrogen (secondary N) is 2. The Hall–Kier alpha value is -2.74. The van der Waals surface area contributed by atoms with Crippen LogP contribution in [-0.2, 0) is 19.8 Å². The quantitative estimate of drug-likeness (QED) is 0.416. The number of β-lactam (4-membered cyclic amide) rings is 1. The minimum atomic E-state index is -0.638. The molecule has 2 aliphatic rings. The van der Waals surface area contributed by atoms with Crippen molar-refractivity contribution in [2.24, 2.45) is 17.6 Å². The Balaban J connectivity index is 1.61. The molecule has 2 fully saturated rings. The fraction of sp³-hybridized carbons (Fsp3) is 0.615. The Labute approximate surface area is 202 Å². The number of hydrogen-bond acceptors (Lipinski definition) is 5. The van der Waals surface area contributed by atoms with Gasteiger partial charge in [-0.2, -0.15) is 0 Å². The lowest BCUT2D eigenvalue weighted by molar-refractivity contribution is -0.156. The van der Waals surface area contributed by atoms with Crippen molar-refractivity contribution in [3.05, 3.63) is 35.4 Å². The van der Waals surface area contributed by atoms with Crippen molar-refractivity contribution in [1.29, 1.82) is 0 Å². The van der Waals surface area contributed by atoms with E-state index in [1.165, 1.54) is 4.90 Å². The highest BCUT2D eigenvalue weighted by atomic mass is 16.2. The van der Waals surface area contributed by atoms with Crippen molar-refractivity contribution < 1.29 is 19.2 Å². The number of carbonyl (C=O) groups is 4. The van der Waals surface area contributed by atoms with Crippen molar-refractivity contribution in [3.8, 4) is 0 Å². The molecule has 186 valence electrons. The predicted molar refractivity (Wildman–Crippen MR) is 130 cm³/mol. The van der Waals surface area contributed by atoms with E-state index in [9.17, 15) is 19.2 Å². The Morgan fingerprint density at radius 3 is 2.29 bits per heavy atom. The molecule has 0 bridgehead atoms. The molecule has 3 rings (SSSR count). The molecule has 1 saturated carbocycles. The summed E-state index contributed by atoms with van der Waals surface area (Å²) in [6.07, 6.45) is 3.54. The van der Waals surface area contributed by atoms with Crippen LogP contribution in [0.25, 0.3) is 0 Å². The van der Waals surface area contributed by atoms with E-state index in [1.807, 2.05) is 12.1 Å². The largest absolute Gasteiger partial charge is 0.352 e. The maximum absolute atomic E-state index is 13.1. The van der Waals surface area contributed by atoms with E-state index in [2.05, 4.69) is 31.4 Å². The van der Waals surface area contributed by atoms with Crippen LogP contribution in [0.4, 0.5) is 0 Å². The van der Waals surface area contributed by atoms with Crippen LogP contribution in [0, 0.1) is 11.8 Å². The molecule has 4 amide bonds. The normalized spacial score (nSPS) is 22.4. The Bertz CT molecular complexity index is 922. The molecule has 0 unspecified atom stereocenters. The van der Waals surface area contributed by atoms with Gasteiger partial charge in [-0.05, 0) is 42.9 Å². The number of hydrogen-bond donors (Lipinski definition) is 3. The van der Waals surface area contributed by atoms with Gasteiger partial charge in [0.15, 0.2) is 0 Å². The summed E-state index contributed by atoms with van der Waals surface area (Å²) in [4.78, 5) is 51.7. The lowest BCUT2D eigenvalue weighted by Crippen LogP contribution is -2.57. The van der Waals surface area contributed by atoms with Gasteiger partial charge in [-0.15, -0.1) is 0 Å². The number of rotatable bonds is 7. The summed E-state index contributed by atoms with van der Waals surface area (Å²) in [7, 11) is 0. The molecule has 0 spiro atoms. The number of benzene rings is 1. The number of nitrogens with zero attached hydrogens (tertiary/aromatic N) is 1. The average molecular weight is 471 g/mol. The fourth-order valence-electron chi connectivity index (χ4n) is 4.69. The zero-order valence-corrected chi connectivity index (χ0v) is 20.7. The maximum Gasteiger partial charge on any atom is 0.251 e. The van der Waals surface area contributed by atoms with Crippen LogP contribution >= 0.6 is 0 Å². The van der Waals surface area contributed by atoms with Crippen molar-refractivity contribution in [2.45, 2.75) is 77.3 Å². The topological polar surface area (TPSA) is 122 Å². The summed E-state index contributed by atoms with van der Waals surface area (Å²) in [5.41, 5.74) is 7.57. The zero-order chi connectivity index (χ0) is 25.0. The predicted octanol–water partition coefficient (Wildman–Crippen LogP) is 2.11. The van der Waals surface area contributed by atoms with Crippen LogP contribution in [0.3, 0.4) is 0 Å². The molecule has 0 aromatic heterocycles. The second-order valence-electron chi connectivity index (χ2n) is 10.6. The average Bonchev–Trinajstić information content (AvgIpc) is 2.78. The highest BCUT2D eigenvalue weighted by Gasteiger charge is 2.40. The van der Waals surface area contributed by atoms with Gasteiger partial charge >= 0.3 is 0 Å². The first-order valence-corrected chi connectivity index (χ1v) is 12.3. The molecule has 4 N–H and O–H groups in total. The highest BCUT2D eigenvalue weighted by molar-refractivity contribution is 6.00. The third-order valence-corrected chi connectivity index (χ3v) is 7.09. The van der Waals surface area contributed by atoms with Gasteiger partial charge in [0.05, 0.1) is 11.8 Å². The van der Waals surface area contributed by atoms with Crippen molar-refractivity contribution >= 4 is 23.6 Å². The molecule has 1 aromatic carbocycles. The standard InChI is InChI=1S/C26H38N4O4/c1-16(28-23(32)17-9-11-18(12-10-17)26(2,3)4)20(15-27)24(33)29-21-8-6-5-7-19(21)25(34)30-14-13-22(30)31/h9-12,16,19-21H,5-8,13-15,27H2,1-4H3,(H,28,32)(H,29,33)/t16-,19-,20-,21+/m0/s1. The minimum absolute atomic E-state index is 0.00761. The van der Waals surface area contributed by atoms with Gasteiger partial charge in [-0.1, -0.05) is 45.7 Å². The van der Waals surface area contributed by atoms with E-state index in [1.54, 1.807) is 19.1 Å². The van der Waals surface area contributed by atoms with Gasteiger partial charge in [-0.3, -0.25) is 24.1 Å². The number of imide groups is 1. The SMILES string of the molecule is C[C@H](NC(=O)c1ccc(C(C)(C)C)cc1)[C@H](CN)C(=O)N[C@@H]1CCCC[C@@H]1C(=O)N1CCC1=O. The fourth-order valence-corrected chi connectivity index (χ4v) is 4.69. The van der Waals surface area contributed by atoms with Crippen molar-refractivity contribution in [2.75, 3.05) is 13.1 Å². The van der Waals surface area contributed by atoms with E-state index in [4.69, 9.17) is 5.73 Å².